The van der Waals surface area contributed by atoms with Crippen molar-refractivity contribution in [1.29, 1.82) is 0 Å². The summed E-state index contributed by atoms with van der Waals surface area (Å²) in [5.41, 5.74) is -2.67. The number of carbonyl (C=O) groups excluding carboxylic acids is 4. The molecule has 2 aliphatic carbocycles. The lowest BCUT2D eigenvalue weighted by molar-refractivity contribution is -0.152. The number of sulfonamides is 1. The fourth-order valence-electron chi connectivity index (χ4n) is 8.90. The number of benzene rings is 2. The molecule has 7 atom stereocenters. The number of rotatable bonds is 10. The largest absolute Gasteiger partial charge is 0.497 e. The molecule has 2 saturated carbocycles. The number of nitrogens with one attached hydrogen (secondary N) is 3. The zero-order valence-corrected chi connectivity index (χ0v) is 38.7. The summed E-state index contributed by atoms with van der Waals surface area (Å²) < 4.78 is 86.4. The van der Waals surface area contributed by atoms with E-state index in [0.717, 1.165) is 13.8 Å². The number of allylic oxidation sites excluding steroid dienone is 1. The van der Waals surface area contributed by atoms with Crippen LogP contribution in [0.1, 0.15) is 79.6 Å². The number of amides is 4. The average Bonchev–Trinajstić information content (AvgIpc) is 4.19. The van der Waals surface area contributed by atoms with Crippen LogP contribution in [0, 0.1) is 17.8 Å². The number of alkyl halides is 2. The number of carbonyl (C=O) groups is 4. The van der Waals surface area contributed by atoms with Crippen molar-refractivity contribution in [2.45, 2.75) is 120 Å². The number of aromatic nitrogens is 1. The minimum absolute atomic E-state index is 0.0000621. The molecule has 3 N–H and O–H groups in total. The van der Waals surface area contributed by atoms with Gasteiger partial charge in [-0.05, 0) is 112 Å². The molecule has 0 radical (unpaired) electrons. The first-order valence-corrected chi connectivity index (χ1v) is 24.0. The lowest BCUT2D eigenvalue weighted by Gasteiger charge is -2.35. The van der Waals surface area contributed by atoms with E-state index in [1.165, 1.54) is 4.90 Å². The quantitative estimate of drug-likeness (QED) is 0.199. The molecular weight excluding hydrogens is 881 g/mol. The molecule has 1 saturated heterocycles. The number of ether oxygens (including phenoxy) is 5. The van der Waals surface area contributed by atoms with Crippen molar-refractivity contribution in [2.24, 2.45) is 17.8 Å². The highest BCUT2D eigenvalue weighted by Gasteiger charge is 2.62. The summed E-state index contributed by atoms with van der Waals surface area (Å²) in [6.45, 7) is 7.10. The summed E-state index contributed by atoms with van der Waals surface area (Å²) in [5, 5.41) is 6.03. The first-order chi connectivity index (χ1) is 31.2. The molecule has 0 unspecified atom stereocenters. The monoisotopic (exact) mass is 937 g/mol. The maximum atomic E-state index is 15.1. The zero-order valence-electron chi connectivity index (χ0n) is 37.9. The Bertz CT molecular complexity index is 2550. The predicted molar refractivity (Wildman–Crippen MR) is 238 cm³/mol. The molecule has 0 spiro atoms. The molecule has 19 heteroatoms. The summed E-state index contributed by atoms with van der Waals surface area (Å²) in [6, 6.07) is 10.0. The molecular formula is C47H57F2N5O11S. The fraction of sp³-hybridized carbons (Fsp3) is 0.553. The van der Waals surface area contributed by atoms with Crippen LogP contribution in [-0.4, -0.2) is 109 Å². The lowest BCUT2D eigenvalue weighted by Crippen LogP contribution is -2.59. The third-order valence-electron chi connectivity index (χ3n) is 13.4. The van der Waals surface area contributed by atoms with E-state index < -0.39 is 86.2 Å². The van der Waals surface area contributed by atoms with E-state index in [0.29, 0.717) is 91.5 Å². The van der Waals surface area contributed by atoms with Crippen molar-refractivity contribution in [2.75, 3.05) is 26.9 Å². The van der Waals surface area contributed by atoms with Crippen molar-refractivity contribution < 1.29 is 60.1 Å². The number of hydrogen-bond donors (Lipinski definition) is 3. The van der Waals surface area contributed by atoms with Crippen LogP contribution < -0.4 is 34.3 Å². The summed E-state index contributed by atoms with van der Waals surface area (Å²) in [7, 11) is -2.44. The highest BCUT2D eigenvalue weighted by molar-refractivity contribution is 7.91. The van der Waals surface area contributed by atoms with Gasteiger partial charge in [-0.25, -0.2) is 27.0 Å². The minimum atomic E-state index is -3.99. The lowest BCUT2D eigenvalue weighted by atomic mass is 9.88. The number of fused-ring (bicyclic) bond motifs is 4. The summed E-state index contributed by atoms with van der Waals surface area (Å²) in [5.74, 6) is -4.98. The number of pyridine rings is 1. The molecule has 66 heavy (non-hydrogen) atoms. The highest BCUT2D eigenvalue weighted by Crippen LogP contribution is 2.46. The van der Waals surface area contributed by atoms with Crippen LogP contribution in [-0.2, 0) is 29.1 Å². The van der Waals surface area contributed by atoms with Crippen molar-refractivity contribution in [3.05, 3.63) is 54.6 Å². The molecule has 3 aromatic rings. The van der Waals surface area contributed by atoms with E-state index in [1.54, 1.807) is 32.2 Å². The van der Waals surface area contributed by atoms with Gasteiger partial charge in [-0.2, -0.15) is 0 Å². The molecule has 356 valence electrons. The minimum Gasteiger partial charge on any atom is -0.497 e. The summed E-state index contributed by atoms with van der Waals surface area (Å²) in [6.07, 6.45) is 4.05. The number of methoxy groups -OCH3 is 1. The second-order valence-electron chi connectivity index (χ2n) is 18.9. The van der Waals surface area contributed by atoms with Gasteiger partial charge in [0.25, 0.3) is 11.8 Å². The average molecular weight is 938 g/mol. The molecule has 3 aliphatic heterocycles. The van der Waals surface area contributed by atoms with Crippen LogP contribution in [0.3, 0.4) is 0 Å². The van der Waals surface area contributed by atoms with Gasteiger partial charge in [0.1, 0.15) is 42.7 Å². The standard InChI is InChI=1S/C47H57F2N5O11S/c1-26-9-7-8-10-30-24-47(30,43(57)53-66(59,60)33-13-14-33)52-40(55)36-23-32(25-54(36)42(56)39(27(2)19-26)51-44(58)65-45(3,4)46(5,48)49)64-41-34-15-12-31(61-6)20-29(34)21-35(50-41)28-11-16-37-38(22-28)63-18-17-62-37/h8,10-12,15-16,20-22,26-27,30,32-33,36,39H,7,9,13-14,17-19,23-25H2,1-6H3,(H,51,58)(H,52,55)(H,53,57)/b10-8-/t26-,27+,30+,32+,36-,39-,47+/m0/s1. The highest BCUT2D eigenvalue weighted by atomic mass is 32.2. The van der Waals surface area contributed by atoms with E-state index in [1.807, 2.05) is 43.3 Å². The Hall–Kier alpha value is -5.72. The van der Waals surface area contributed by atoms with Gasteiger partial charge in [0.15, 0.2) is 17.1 Å². The number of alkyl carbamates (subject to hydrolysis) is 1. The number of halogens is 2. The molecule has 4 amide bonds. The van der Waals surface area contributed by atoms with Gasteiger partial charge < -0.3 is 39.2 Å². The van der Waals surface area contributed by atoms with Crippen LogP contribution in [0.5, 0.6) is 23.1 Å². The normalized spacial score (nSPS) is 27.5. The van der Waals surface area contributed by atoms with Crippen molar-refractivity contribution in [1.82, 2.24) is 25.2 Å². The Morgan fingerprint density at radius 2 is 1.73 bits per heavy atom. The topological polar surface area (TPSA) is 201 Å². The smallest absolute Gasteiger partial charge is 0.408 e. The third kappa shape index (κ3) is 9.72. The molecule has 3 fully saturated rings. The summed E-state index contributed by atoms with van der Waals surface area (Å²) >= 11 is 0. The third-order valence-corrected chi connectivity index (χ3v) is 15.2. The van der Waals surface area contributed by atoms with Crippen LogP contribution in [0.25, 0.3) is 22.0 Å². The number of hydrogen-bond acceptors (Lipinski definition) is 12. The van der Waals surface area contributed by atoms with E-state index in [-0.39, 0.29) is 31.2 Å². The van der Waals surface area contributed by atoms with Crippen molar-refractivity contribution in [3.8, 4) is 34.4 Å². The maximum Gasteiger partial charge on any atom is 0.408 e. The van der Waals surface area contributed by atoms with E-state index in [9.17, 15) is 31.6 Å². The molecule has 2 aromatic carbocycles. The Morgan fingerprint density at radius 1 is 0.985 bits per heavy atom. The van der Waals surface area contributed by atoms with Gasteiger partial charge in [-0.15, -0.1) is 0 Å². The van der Waals surface area contributed by atoms with Crippen LogP contribution >= 0.6 is 0 Å². The van der Waals surface area contributed by atoms with Gasteiger partial charge in [0, 0.05) is 30.2 Å². The Morgan fingerprint density at radius 3 is 2.44 bits per heavy atom. The molecule has 16 nitrogen and oxygen atoms in total. The van der Waals surface area contributed by atoms with Crippen LogP contribution in [0.4, 0.5) is 13.6 Å². The molecule has 5 aliphatic rings. The van der Waals surface area contributed by atoms with Crippen molar-refractivity contribution in [3.63, 3.8) is 0 Å². The van der Waals surface area contributed by atoms with Gasteiger partial charge >= 0.3 is 6.09 Å². The van der Waals surface area contributed by atoms with E-state index >= 15 is 4.79 Å². The SMILES string of the molecule is COc1ccc2c(O[C@@H]3C[C@H]4C(=O)N[C@]5(C(=O)NS(=O)(=O)C6CC6)C[C@H]5/C=C\CC[C@H](C)C[C@@H](C)[C@H](NC(=O)OC(C)(C)C(C)(F)F)C(=O)N4C3)nc(-c3ccc4c(c3)OCCO4)cc2c1. The Balaban J connectivity index is 1.16. The first kappa shape index (κ1) is 46.8. The molecule has 4 heterocycles. The van der Waals surface area contributed by atoms with E-state index in [4.69, 9.17) is 28.7 Å². The predicted octanol–water partition coefficient (Wildman–Crippen LogP) is 6.05. The van der Waals surface area contributed by atoms with Crippen LogP contribution in [0.2, 0.25) is 0 Å². The maximum absolute atomic E-state index is 15.1. The fourth-order valence-corrected chi connectivity index (χ4v) is 10.3. The molecule has 0 bridgehead atoms. The van der Waals surface area contributed by atoms with Gasteiger partial charge in [-0.1, -0.05) is 26.0 Å². The zero-order chi connectivity index (χ0) is 47.3. The Kier molecular flexibility index (Phi) is 12.6. The van der Waals surface area contributed by atoms with Gasteiger partial charge in [0.2, 0.25) is 27.7 Å². The number of nitrogens with zero attached hydrogens (tertiary/aromatic N) is 2. The Labute approximate surface area is 382 Å². The van der Waals surface area contributed by atoms with Gasteiger partial charge in [-0.3, -0.25) is 19.1 Å². The second-order valence-corrected chi connectivity index (χ2v) is 20.9. The second kappa shape index (κ2) is 17.8. The molecule has 1 aromatic heterocycles. The summed E-state index contributed by atoms with van der Waals surface area (Å²) in [4.78, 5) is 63.5. The van der Waals surface area contributed by atoms with E-state index in [2.05, 4.69) is 15.4 Å². The first-order valence-electron chi connectivity index (χ1n) is 22.5. The van der Waals surface area contributed by atoms with Crippen molar-refractivity contribution >= 4 is 44.6 Å². The van der Waals surface area contributed by atoms with Crippen LogP contribution in [0.15, 0.2) is 54.6 Å². The van der Waals surface area contributed by atoms with Gasteiger partial charge in [0.05, 0.1) is 24.6 Å². The molecule has 8 rings (SSSR count).